The van der Waals surface area contributed by atoms with Crippen molar-refractivity contribution in [1.82, 2.24) is 10.3 Å². The predicted molar refractivity (Wildman–Crippen MR) is 96.4 cm³/mol. The highest BCUT2D eigenvalue weighted by Crippen LogP contribution is 2.27. The van der Waals surface area contributed by atoms with Gasteiger partial charge in [-0.2, -0.15) is 0 Å². The van der Waals surface area contributed by atoms with E-state index in [1.54, 1.807) is 43.8 Å². The molecule has 0 fully saturated rings. The first-order chi connectivity index (χ1) is 11.3. The van der Waals surface area contributed by atoms with Crippen LogP contribution in [0.4, 0.5) is 0 Å². The molecule has 24 heavy (non-hydrogen) atoms. The van der Waals surface area contributed by atoms with Crippen LogP contribution >= 0.6 is 11.3 Å². The number of benzene rings is 1. The maximum Gasteiger partial charge on any atom is 0.251 e. The summed E-state index contributed by atoms with van der Waals surface area (Å²) in [6, 6.07) is 5.12. The summed E-state index contributed by atoms with van der Waals surface area (Å²) in [6.45, 7) is 6.98. The number of hydrogen-bond donors (Lipinski definition) is 1. The van der Waals surface area contributed by atoms with Crippen LogP contribution in [0.2, 0.25) is 0 Å². The number of carbonyl (C=O) groups is 1. The molecule has 0 unspecified atom stereocenters. The Hall–Kier alpha value is -2.08. The summed E-state index contributed by atoms with van der Waals surface area (Å²) in [7, 11) is 3.12. The number of thiazole rings is 1. The Labute approximate surface area is 147 Å². The molecule has 0 saturated carbocycles. The van der Waals surface area contributed by atoms with Crippen LogP contribution in [0, 0.1) is 0 Å². The van der Waals surface area contributed by atoms with Gasteiger partial charge in [0.05, 0.1) is 24.9 Å². The normalized spacial score (nSPS) is 11.2. The minimum Gasteiger partial charge on any atom is -0.493 e. The summed E-state index contributed by atoms with van der Waals surface area (Å²) in [5.74, 6) is 1.01. The van der Waals surface area contributed by atoms with Gasteiger partial charge in [0.15, 0.2) is 11.5 Å². The molecular weight excluding hydrogens is 324 g/mol. The Bertz CT molecular complexity index is 705. The van der Waals surface area contributed by atoms with E-state index >= 15 is 0 Å². The van der Waals surface area contributed by atoms with E-state index in [1.165, 1.54) is 0 Å². The molecule has 2 aromatic rings. The molecule has 1 heterocycles. The molecule has 1 amide bonds. The lowest BCUT2D eigenvalue weighted by Crippen LogP contribution is -2.25. The summed E-state index contributed by atoms with van der Waals surface area (Å²) in [5, 5.41) is 6.04. The van der Waals surface area contributed by atoms with Gasteiger partial charge in [0, 0.05) is 29.3 Å². The van der Waals surface area contributed by atoms with E-state index in [1.807, 2.05) is 0 Å². The first-order valence-electron chi connectivity index (χ1n) is 7.80. The van der Waals surface area contributed by atoms with Gasteiger partial charge in [-0.15, -0.1) is 11.3 Å². The highest BCUT2D eigenvalue weighted by molar-refractivity contribution is 7.09. The van der Waals surface area contributed by atoms with E-state index in [0.29, 0.717) is 23.6 Å². The number of nitrogens with zero attached hydrogens (tertiary/aromatic N) is 1. The summed E-state index contributed by atoms with van der Waals surface area (Å²) >= 11 is 1.64. The monoisotopic (exact) mass is 348 g/mol. The Kier molecular flexibility index (Phi) is 5.83. The van der Waals surface area contributed by atoms with Gasteiger partial charge in [0.2, 0.25) is 0 Å². The van der Waals surface area contributed by atoms with E-state index in [-0.39, 0.29) is 11.3 Å². The highest BCUT2D eigenvalue weighted by Gasteiger charge is 2.17. The third kappa shape index (κ3) is 4.47. The van der Waals surface area contributed by atoms with Crippen LogP contribution in [-0.4, -0.2) is 31.7 Å². The molecule has 6 heteroatoms. The lowest BCUT2D eigenvalue weighted by Gasteiger charge is -2.14. The van der Waals surface area contributed by atoms with Gasteiger partial charge in [-0.05, 0) is 18.2 Å². The van der Waals surface area contributed by atoms with Crippen molar-refractivity contribution in [2.45, 2.75) is 32.6 Å². The number of nitrogens with one attached hydrogen (secondary N) is 1. The molecule has 0 radical (unpaired) electrons. The Morgan fingerprint density at radius 2 is 1.92 bits per heavy atom. The number of rotatable bonds is 6. The molecule has 0 atom stereocenters. The van der Waals surface area contributed by atoms with Crippen molar-refractivity contribution in [1.29, 1.82) is 0 Å². The minimum atomic E-state index is -0.136. The largest absolute Gasteiger partial charge is 0.493 e. The van der Waals surface area contributed by atoms with Gasteiger partial charge in [0.25, 0.3) is 5.91 Å². The zero-order valence-electron chi connectivity index (χ0n) is 14.8. The smallest absolute Gasteiger partial charge is 0.251 e. The average Bonchev–Trinajstić information content (AvgIpc) is 3.03. The maximum absolute atomic E-state index is 12.2. The summed E-state index contributed by atoms with van der Waals surface area (Å²) in [4.78, 5) is 16.9. The second-order valence-electron chi connectivity index (χ2n) is 6.45. The van der Waals surface area contributed by atoms with Crippen LogP contribution in [0.1, 0.15) is 41.8 Å². The number of amides is 1. The molecule has 5 nitrogen and oxygen atoms in total. The molecule has 2 rings (SSSR count). The van der Waals surface area contributed by atoms with E-state index < -0.39 is 0 Å². The van der Waals surface area contributed by atoms with Gasteiger partial charge in [-0.3, -0.25) is 4.79 Å². The van der Waals surface area contributed by atoms with Crippen molar-refractivity contribution in [2.75, 3.05) is 20.8 Å². The molecule has 130 valence electrons. The van der Waals surface area contributed by atoms with Crippen LogP contribution in [0.5, 0.6) is 11.5 Å². The number of methoxy groups -OCH3 is 2. The first kappa shape index (κ1) is 18.3. The molecule has 1 N–H and O–H groups in total. The van der Waals surface area contributed by atoms with Crippen molar-refractivity contribution < 1.29 is 14.3 Å². The van der Waals surface area contributed by atoms with E-state index in [0.717, 1.165) is 17.1 Å². The Morgan fingerprint density at radius 3 is 2.50 bits per heavy atom. The Balaban J connectivity index is 1.93. The lowest BCUT2D eigenvalue weighted by atomic mass is 9.93. The second-order valence-corrected chi connectivity index (χ2v) is 7.39. The number of carbonyl (C=O) groups excluding carboxylic acids is 1. The van der Waals surface area contributed by atoms with Gasteiger partial charge >= 0.3 is 0 Å². The van der Waals surface area contributed by atoms with Gasteiger partial charge < -0.3 is 14.8 Å². The fraction of sp³-hybridized carbons (Fsp3) is 0.444. The zero-order chi connectivity index (χ0) is 17.7. The van der Waals surface area contributed by atoms with Crippen LogP contribution < -0.4 is 14.8 Å². The van der Waals surface area contributed by atoms with Crippen molar-refractivity contribution in [3.63, 3.8) is 0 Å². The summed E-state index contributed by atoms with van der Waals surface area (Å²) in [6.07, 6.45) is 0.722. The van der Waals surface area contributed by atoms with Crippen molar-refractivity contribution >= 4 is 17.2 Å². The van der Waals surface area contributed by atoms with Crippen molar-refractivity contribution in [3.05, 3.63) is 39.8 Å². The van der Waals surface area contributed by atoms with E-state index in [4.69, 9.17) is 9.47 Å². The standard InChI is InChI=1S/C18H24N2O3S/c1-18(2,3)15-11-24-16(20-15)8-9-19-17(21)12-6-7-13(22-4)14(10-12)23-5/h6-7,10-11H,8-9H2,1-5H3,(H,19,21). The van der Waals surface area contributed by atoms with Crippen LogP contribution in [0.25, 0.3) is 0 Å². The third-order valence-corrected chi connectivity index (χ3v) is 4.50. The van der Waals surface area contributed by atoms with Crippen LogP contribution in [0.3, 0.4) is 0 Å². The van der Waals surface area contributed by atoms with Gasteiger partial charge in [0.1, 0.15) is 0 Å². The van der Waals surface area contributed by atoms with E-state index in [9.17, 15) is 4.79 Å². The molecule has 0 aliphatic heterocycles. The fourth-order valence-corrected chi connectivity index (χ4v) is 3.16. The molecule has 1 aromatic heterocycles. The molecule has 0 aliphatic carbocycles. The third-order valence-electron chi connectivity index (χ3n) is 3.59. The van der Waals surface area contributed by atoms with Crippen molar-refractivity contribution in [2.24, 2.45) is 0 Å². The lowest BCUT2D eigenvalue weighted by molar-refractivity contribution is 0.0953. The molecular formula is C18H24N2O3S. The maximum atomic E-state index is 12.2. The molecule has 1 aromatic carbocycles. The highest BCUT2D eigenvalue weighted by atomic mass is 32.1. The van der Waals surface area contributed by atoms with Gasteiger partial charge in [-0.1, -0.05) is 20.8 Å². The molecule has 0 saturated heterocycles. The molecule has 0 spiro atoms. The number of hydrogen-bond acceptors (Lipinski definition) is 5. The molecule has 0 aliphatic rings. The van der Waals surface area contributed by atoms with E-state index in [2.05, 4.69) is 36.5 Å². The summed E-state index contributed by atoms with van der Waals surface area (Å²) in [5.41, 5.74) is 1.69. The SMILES string of the molecule is COc1ccc(C(=O)NCCc2nc(C(C)(C)C)cs2)cc1OC. The van der Waals surface area contributed by atoms with Gasteiger partial charge in [-0.25, -0.2) is 4.98 Å². The first-order valence-corrected chi connectivity index (χ1v) is 8.68. The Morgan fingerprint density at radius 1 is 1.21 bits per heavy atom. The topological polar surface area (TPSA) is 60.5 Å². The van der Waals surface area contributed by atoms with Crippen molar-refractivity contribution in [3.8, 4) is 11.5 Å². The summed E-state index contributed by atoms with van der Waals surface area (Å²) < 4.78 is 10.4. The number of ether oxygens (including phenoxy) is 2. The zero-order valence-corrected chi connectivity index (χ0v) is 15.6. The quantitative estimate of drug-likeness (QED) is 0.869. The average molecular weight is 348 g/mol. The fourth-order valence-electron chi connectivity index (χ4n) is 2.13. The predicted octanol–water partition coefficient (Wildman–Crippen LogP) is 3.43. The minimum absolute atomic E-state index is 0.0532. The van der Waals surface area contributed by atoms with Crippen LogP contribution in [0.15, 0.2) is 23.6 Å². The molecule has 0 bridgehead atoms. The van der Waals surface area contributed by atoms with Crippen LogP contribution in [-0.2, 0) is 11.8 Å². The second kappa shape index (κ2) is 7.66. The number of aromatic nitrogens is 1.